The fraction of sp³-hybridized carbons (Fsp3) is 0.273. The van der Waals surface area contributed by atoms with Crippen molar-refractivity contribution in [2.24, 2.45) is 0 Å². The molecule has 4 rings (SSSR count). The smallest absolute Gasteiger partial charge is 0.292 e. The third-order valence-electron chi connectivity index (χ3n) is 5.21. The van der Waals surface area contributed by atoms with Crippen molar-refractivity contribution >= 4 is 17.4 Å². The topological polar surface area (TPSA) is 61.6 Å². The minimum Gasteiger partial charge on any atom is -0.451 e. The van der Waals surface area contributed by atoms with E-state index in [0.29, 0.717) is 23.2 Å². The highest BCUT2D eigenvalue weighted by molar-refractivity contribution is 6.02. The highest BCUT2D eigenvalue weighted by atomic mass is 19.1. The standard InChI is InChI=1S/C22H23FN4O2/c1-26(2)18-11-12-27(14-18)17-7-10-21(24-13-17)25-22(28)20-9-8-19(29-20)15-3-5-16(23)6-4-15/h3-10,13,18H,11-12,14H2,1-2H3,(H,24,25,28). The zero-order valence-corrected chi connectivity index (χ0v) is 16.4. The fourth-order valence-electron chi connectivity index (χ4n) is 3.45. The number of pyridine rings is 1. The van der Waals surface area contributed by atoms with Crippen LogP contribution in [0.3, 0.4) is 0 Å². The van der Waals surface area contributed by atoms with E-state index in [9.17, 15) is 9.18 Å². The van der Waals surface area contributed by atoms with E-state index in [2.05, 4.69) is 34.2 Å². The van der Waals surface area contributed by atoms with Crippen molar-refractivity contribution in [2.75, 3.05) is 37.4 Å². The Balaban J connectivity index is 1.39. The zero-order chi connectivity index (χ0) is 20.4. The van der Waals surface area contributed by atoms with Crippen LogP contribution in [0.5, 0.6) is 0 Å². The summed E-state index contributed by atoms with van der Waals surface area (Å²) in [6.45, 7) is 1.97. The first kappa shape index (κ1) is 19.1. The van der Waals surface area contributed by atoms with Gasteiger partial charge in [0.1, 0.15) is 17.4 Å². The van der Waals surface area contributed by atoms with Crippen LogP contribution in [0.4, 0.5) is 15.9 Å². The maximum absolute atomic E-state index is 13.1. The Labute approximate surface area is 169 Å². The number of likely N-dealkylation sites (N-methyl/N-ethyl adjacent to an activating group) is 1. The molecule has 1 saturated heterocycles. The number of hydrogen-bond acceptors (Lipinski definition) is 5. The van der Waals surface area contributed by atoms with E-state index in [4.69, 9.17) is 4.42 Å². The number of furan rings is 1. The molecule has 0 radical (unpaired) electrons. The first-order valence-electron chi connectivity index (χ1n) is 9.54. The van der Waals surface area contributed by atoms with Crippen molar-refractivity contribution in [3.8, 4) is 11.3 Å². The molecule has 1 fully saturated rings. The lowest BCUT2D eigenvalue weighted by Crippen LogP contribution is -2.31. The minimum atomic E-state index is -0.382. The molecule has 3 heterocycles. The molecule has 1 aliphatic rings. The summed E-state index contributed by atoms with van der Waals surface area (Å²) in [5.74, 6) is 0.430. The van der Waals surface area contributed by atoms with Crippen LogP contribution in [0.1, 0.15) is 17.0 Å². The van der Waals surface area contributed by atoms with E-state index in [1.54, 1.807) is 36.5 Å². The Bertz CT molecular complexity index is 983. The van der Waals surface area contributed by atoms with Crippen LogP contribution in [0.25, 0.3) is 11.3 Å². The quantitative estimate of drug-likeness (QED) is 0.712. The molecule has 0 saturated carbocycles. The van der Waals surface area contributed by atoms with E-state index in [1.165, 1.54) is 12.1 Å². The molecule has 29 heavy (non-hydrogen) atoms. The predicted octanol–water partition coefficient (Wildman–Crippen LogP) is 3.87. The van der Waals surface area contributed by atoms with Crippen molar-refractivity contribution in [2.45, 2.75) is 12.5 Å². The molecule has 3 aromatic rings. The fourth-order valence-corrected chi connectivity index (χ4v) is 3.45. The number of carbonyl (C=O) groups excluding carboxylic acids is 1. The van der Waals surface area contributed by atoms with Crippen LogP contribution in [-0.2, 0) is 0 Å². The van der Waals surface area contributed by atoms with E-state index < -0.39 is 0 Å². The Hall–Kier alpha value is -3.19. The summed E-state index contributed by atoms with van der Waals surface area (Å²) in [5, 5.41) is 2.75. The van der Waals surface area contributed by atoms with Gasteiger partial charge < -0.3 is 19.5 Å². The van der Waals surface area contributed by atoms with E-state index in [0.717, 1.165) is 25.2 Å². The van der Waals surface area contributed by atoms with Gasteiger partial charge in [0.25, 0.3) is 5.91 Å². The number of halogens is 1. The number of carbonyl (C=O) groups is 1. The van der Waals surface area contributed by atoms with Crippen LogP contribution in [0.2, 0.25) is 0 Å². The van der Waals surface area contributed by atoms with Gasteiger partial charge in [0.2, 0.25) is 0 Å². The van der Waals surface area contributed by atoms with Crippen molar-refractivity contribution in [1.82, 2.24) is 9.88 Å². The molecule has 1 atom stereocenters. The predicted molar refractivity (Wildman–Crippen MR) is 111 cm³/mol. The second-order valence-corrected chi connectivity index (χ2v) is 7.38. The molecule has 1 amide bonds. The van der Waals surface area contributed by atoms with Crippen molar-refractivity contribution in [3.05, 3.63) is 66.3 Å². The van der Waals surface area contributed by atoms with Crippen LogP contribution >= 0.6 is 0 Å². The van der Waals surface area contributed by atoms with Gasteiger partial charge in [-0.3, -0.25) is 4.79 Å². The van der Waals surface area contributed by atoms with E-state index in [1.807, 2.05) is 6.07 Å². The Morgan fingerprint density at radius 2 is 1.97 bits per heavy atom. The van der Waals surface area contributed by atoms with Gasteiger partial charge >= 0.3 is 0 Å². The summed E-state index contributed by atoms with van der Waals surface area (Å²) in [6.07, 6.45) is 2.90. The number of benzene rings is 1. The molecular weight excluding hydrogens is 371 g/mol. The molecule has 1 N–H and O–H groups in total. The van der Waals surface area contributed by atoms with Crippen LogP contribution in [-0.4, -0.2) is 49.0 Å². The van der Waals surface area contributed by atoms with Gasteiger partial charge in [-0.2, -0.15) is 0 Å². The van der Waals surface area contributed by atoms with Crippen LogP contribution < -0.4 is 10.2 Å². The number of aromatic nitrogens is 1. The second-order valence-electron chi connectivity index (χ2n) is 7.38. The van der Waals surface area contributed by atoms with Gasteiger partial charge in [0, 0.05) is 24.7 Å². The maximum Gasteiger partial charge on any atom is 0.292 e. The van der Waals surface area contributed by atoms with Gasteiger partial charge in [-0.25, -0.2) is 9.37 Å². The van der Waals surface area contributed by atoms with E-state index in [-0.39, 0.29) is 17.5 Å². The summed E-state index contributed by atoms with van der Waals surface area (Å²) in [4.78, 5) is 21.4. The number of hydrogen-bond donors (Lipinski definition) is 1. The van der Waals surface area contributed by atoms with E-state index >= 15 is 0 Å². The molecular formula is C22H23FN4O2. The molecule has 0 bridgehead atoms. The average molecular weight is 394 g/mol. The van der Waals surface area contributed by atoms with Crippen molar-refractivity contribution in [3.63, 3.8) is 0 Å². The molecule has 2 aromatic heterocycles. The summed E-state index contributed by atoms with van der Waals surface area (Å²) in [6, 6.07) is 13.5. The molecule has 0 spiro atoms. The highest BCUT2D eigenvalue weighted by Gasteiger charge is 2.24. The molecule has 7 heteroatoms. The minimum absolute atomic E-state index is 0.170. The summed E-state index contributed by atoms with van der Waals surface area (Å²) in [5.41, 5.74) is 1.75. The summed E-state index contributed by atoms with van der Waals surface area (Å²) in [7, 11) is 4.20. The van der Waals surface area contributed by atoms with Gasteiger partial charge in [-0.05, 0) is 69.0 Å². The van der Waals surface area contributed by atoms with Crippen LogP contribution in [0.15, 0.2) is 59.1 Å². The van der Waals surface area contributed by atoms with Crippen molar-refractivity contribution in [1.29, 1.82) is 0 Å². The molecule has 1 unspecified atom stereocenters. The first-order valence-corrected chi connectivity index (χ1v) is 9.54. The number of nitrogens with zero attached hydrogens (tertiary/aromatic N) is 3. The lowest BCUT2D eigenvalue weighted by atomic mass is 10.2. The van der Waals surface area contributed by atoms with Gasteiger partial charge in [0.05, 0.1) is 11.9 Å². The largest absolute Gasteiger partial charge is 0.451 e. The molecule has 0 aliphatic carbocycles. The van der Waals surface area contributed by atoms with Gasteiger partial charge in [0.15, 0.2) is 5.76 Å². The SMILES string of the molecule is CN(C)C1CCN(c2ccc(NC(=O)c3ccc(-c4ccc(F)cc4)o3)nc2)C1. The third kappa shape index (κ3) is 4.30. The zero-order valence-electron chi connectivity index (χ0n) is 16.4. The lowest BCUT2D eigenvalue weighted by molar-refractivity contribution is 0.0997. The normalized spacial score (nSPS) is 16.4. The third-order valence-corrected chi connectivity index (χ3v) is 5.21. The van der Waals surface area contributed by atoms with Gasteiger partial charge in [-0.1, -0.05) is 0 Å². The molecule has 150 valence electrons. The molecule has 1 aromatic carbocycles. The number of amides is 1. The lowest BCUT2D eigenvalue weighted by Gasteiger charge is -2.21. The Morgan fingerprint density at radius 1 is 1.17 bits per heavy atom. The summed E-state index contributed by atoms with van der Waals surface area (Å²) >= 11 is 0. The van der Waals surface area contributed by atoms with Gasteiger partial charge in [-0.15, -0.1) is 0 Å². The highest BCUT2D eigenvalue weighted by Crippen LogP contribution is 2.24. The van der Waals surface area contributed by atoms with Crippen molar-refractivity contribution < 1.29 is 13.6 Å². The number of rotatable bonds is 5. The number of nitrogens with one attached hydrogen (secondary N) is 1. The first-order chi connectivity index (χ1) is 14.0. The maximum atomic E-state index is 13.1. The summed E-state index contributed by atoms with van der Waals surface area (Å²) < 4.78 is 18.7. The molecule has 6 nitrogen and oxygen atoms in total. The molecule has 1 aliphatic heterocycles. The Kier molecular flexibility index (Phi) is 5.31. The number of anilines is 2. The van der Waals surface area contributed by atoms with Crippen LogP contribution in [0, 0.1) is 5.82 Å². The average Bonchev–Trinajstić information content (AvgIpc) is 3.39. The second kappa shape index (κ2) is 8.05. The Morgan fingerprint density at radius 3 is 2.62 bits per heavy atom. The monoisotopic (exact) mass is 394 g/mol.